The van der Waals surface area contributed by atoms with Crippen LogP contribution in [0.3, 0.4) is 0 Å². The first-order valence-corrected chi connectivity index (χ1v) is 13.1. The number of anilines is 1. The summed E-state index contributed by atoms with van der Waals surface area (Å²) in [5.74, 6) is 0.370. The molecule has 5 nitrogen and oxygen atoms in total. The van der Waals surface area contributed by atoms with Gasteiger partial charge in [-0.3, -0.25) is 4.79 Å². The predicted molar refractivity (Wildman–Crippen MR) is 133 cm³/mol. The van der Waals surface area contributed by atoms with Crippen molar-refractivity contribution in [1.29, 1.82) is 0 Å². The Hall–Kier alpha value is -3.13. The molecule has 3 aromatic carbocycles. The molecule has 0 radical (unpaired) electrons. The van der Waals surface area contributed by atoms with Gasteiger partial charge in [-0.15, -0.1) is 11.3 Å². The van der Waals surface area contributed by atoms with Crippen LogP contribution in [0.15, 0.2) is 89.1 Å². The molecule has 33 heavy (non-hydrogen) atoms. The number of hydrogen-bond donors (Lipinski definition) is 1. The maximum absolute atomic E-state index is 12.8. The molecular weight excluding hydrogens is 478 g/mol. The largest absolute Gasteiger partial charge is 0.488 e. The number of thiophene rings is 1. The van der Waals surface area contributed by atoms with Crippen molar-refractivity contribution in [1.82, 2.24) is 0 Å². The highest BCUT2D eigenvalue weighted by molar-refractivity contribution is 7.90. The van der Waals surface area contributed by atoms with Gasteiger partial charge in [-0.2, -0.15) is 0 Å². The normalized spacial score (nSPS) is 11.2. The lowest BCUT2D eigenvalue weighted by Crippen LogP contribution is -2.11. The van der Waals surface area contributed by atoms with Crippen LogP contribution in [0.25, 0.3) is 11.1 Å². The van der Waals surface area contributed by atoms with Crippen LogP contribution in [0.1, 0.15) is 15.2 Å². The maximum Gasteiger partial charge on any atom is 0.265 e. The van der Waals surface area contributed by atoms with Crippen molar-refractivity contribution in [3.8, 4) is 16.9 Å². The molecule has 168 valence electrons. The Bertz CT molecular complexity index is 1400. The van der Waals surface area contributed by atoms with Crippen molar-refractivity contribution in [2.24, 2.45) is 0 Å². The average Bonchev–Trinajstić information content (AvgIpc) is 3.28. The molecule has 1 heterocycles. The van der Waals surface area contributed by atoms with E-state index in [1.54, 1.807) is 6.07 Å². The second-order valence-corrected chi connectivity index (χ2v) is 10.7. The minimum Gasteiger partial charge on any atom is -0.488 e. The van der Waals surface area contributed by atoms with E-state index in [2.05, 4.69) is 5.32 Å². The maximum atomic E-state index is 12.8. The summed E-state index contributed by atoms with van der Waals surface area (Å²) in [6, 6.07) is 23.6. The molecule has 0 saturated heterocycles. The SMILES string of the molecule is CS(=O)(=O)c1cc(Cl)cc(NC(=O)c2cc(-c3ccccc3OCc3ccccc3)cs2)c1. The molecule has 0 fully saturated rings. The smallest absolute Gasteiger partial charge is 0.265 e. The molecule has 0 aliphatic carbocycles. The van der Waals surface area contributed by atoms with Gasteiger partial charge in [0.05, 0.1) is 9.77 Å². The minimum atomic E-state index is -3.46. The third-order valence-corrected chi connectivity index (χ3v) is 7.05. The highest BCUT2D eigenvalue weighted by atomic mass is 35.5. The molecule has 1 N–H and O–H groups in total. The lowest BCUT2D eigenvalue weighted by molar-refractivity contribution is 0.103. The number of hydrogen-bond acceptors (Lipinski definition) is 5. The van der Waals surface area contributed by atoms with Gasteiger partial charge < -0.3 is 10.1 Å². The Kier molecular flexibility index (Phi) is 6.83. The number of amides is 1. The highest BCUT2D eigenvalue weighted by Crippen LogP contribution is 2.34. The summed E-state index contributed by atoms with van der Waals surface area (Å²) in [5, 5.41) is 4.84. The molecule has 0 bridgehead atoms. The van der Waals surface area contributed by atoms with Crippen LogP contribution in [-0.4, -0.2) is 20.6 Å². The van der Waals surface area contributed by atoms with E-state index in [1.807, 2.05) is 60.0 Å². The van der Waals surface area contributed by atoms with E-state index in [9.17, 15) is 13.2 Å². The van der Waals surface area contributed by atoms with Crippen molar-refractivity contribution < 1.29 is 17.9 Å². The molecule has 4 aromatic rings. The topological polar surface area (TPSA) is 72.5 Å². The standard InChI is InChI=1S/C25H20ClNO4S2/c1-33(29,30)21-13-19(26)12-20(14-21)27-25(28)24-11-18(16-32-24)22-9-5-6-10-23(22)31-15-17-7-3-2-4-8-17/h2-14,16H,15H2,1H3,(H,27,28). The van der Waals surface area contributed by atoms with Crippen LogP contribution in [-0.2, 0) is 16.4 Å². The fourth-order valence-corrected chi connectivity index (χ4v) is 4.99. The van der Waals surface area contributed by atoms with Crippen molar-refractivity contribution in [3.63, 3.8) is 0 Å². The zero-order valence-electron chi connectivity index (χ0n) is 17.6. The lowest BCUT2D eigenvalue weighted by Gasteiger charge is -2.10. The Morgan fingerprint density at radius 1 is 1.00 bits per heavy atom. The van der Waals surface area contributed by atoms with E-state index >= 15 is 0 Å². The number of rotatable bonds is 7. The van der Waals surface area contributed by atoms with Crippen LogP contribution in [0.5, 0.6) is 5.75 Å². The van der Waals surface area contributed by atoms with Gasteiger partial charge in [-0.1, -0.05) is 60.1 Å². The summed E-state index contributed by atoms with van der Waals surface area (Å²) in [4.78, 5) is 13.3. The van der Waals surface area contributed by atoms with E-state index in [0.717, 1.165) is 28.7 Å². The number of halogens is 1. The third-order valence-electron chi connectivity index (χ3n) is 4.82. The molecule has 4 rings (SSSR count). The Morgan fingerprint density at radius 2 is 1.73 bits per heavy atom. The minimum absolute atomic E-state index is 0.0432. The predicted octanol–water partition coefficient (Wildman–Crippen LogP) is 6.30. The summed E-state index contributed by atoms with van der Waals surface area (Å²) in [6.07, 6.45) is 1.09. The van der Waals surface area contributed by atoms with Crippen LogP contribution < -0.4 is 10.1 Å². The number of ether oxygens (including phenoxy) is 1. The van der Waals surface area contributed by atoms with Crippen molar-refractivity contribution in [2.75, 3.05) is 11.6 Å². The fourth-order valence-electron chi connectivity index (χ4n) is 3.20. The summed E-state index contributed by atoms with van der Waals surface area (Å²) in [6.45, 7) is 0.437. The molecule has 1 aromatic heterocycles. The lowest BCUT2D eigenvalue weighted by atomic mass is 10.1. The summed E-state index contributed by atoms with van der Waals surface area (Å²) in [7, 11) is -3.46. The number of benzene rings is 3. The molecule has 0 aliphatic rings. The van der Waals surface area contributed by atoms with Crippen molar-refractivity contribution >= 4 is 44.4 Å². The van der Waals surface area contributed by atoms with E-state index in [1.165, 1.54) is 29.5 Å². The molecule has 0 aliphatic heterocycles. The molecule has 1 amide bonds. The van der Waals surface area contributed by atoms with Crippen molar-refractivity contribution in [3.05, 3.63) is 99.7 Å². The number of carbonyl (C=O) groups is 1. The Labute approximate surface area is 201 Å². The molecule has 0 unspecified atom stereocenters. The van der Waals surface area contributed by atoms with Crippen molar-refractivity contribution in [2.45, 2.75) is 11.5 Å². The number of carbonyl (C=O) groups excluding carboxylic acids is 1. The second kappa shape index (κ2) is 9.79. The van der Waals surface area contributed by atoms with Gasteiger partial charge in [-0.25, -0.2) is 8.42 Å². The molecule has 8 heteroatoms. The van der Waals surface area contributed by atoms with Gasteiger partial charge in [0, 0.05) is 22.5 Å². The molecular formula is C25H20ClNO4S2. The Balaban J connectivity index is 1.53. The summed E-state index contributed by atoms with van der Waals surface area (Å²) >= 11 is 7.32. The van der Waals surface area contributed by atoms with E-state index in [0.29, 0.717) is 17.2 Å². The first kappa shape index (κ1) is 23.0. The summed E-state index contributed by atoms with van der Waals surface area (Å²) in [5.41, 5.74) is 3.12. The van der Waals surface area contributed by atoms with Gasteiger partial charge in [0.25, 0.3) is 5.91 Å². The van der Waals surface area contributed by atoms with Gasteiger partial charge in [-0.05, 0) is 46.8 Å². The van der Waals surface area contributed by atoms with Crippen LogP contribution in [0.2, 0.25) is 5.02 Å². The molecule has 0 saturated carbocycles. The third kappa shape index (κ3) is 5.82. The van der Waals surface area contributed by atoms with E-state index in [4.69, 9.17) is 16.3 Å². The molecule has 0 spiro atoms. The van der Waals surface area contributed by atoms with Gasteiger partial charge in [0.15, 0.2) is 9.84 Å². The van der Waals surface area contributed by atoms with Crippen LogP contribution in [0, 0.1) is 0 Å². The van der Waals surface area contributed by atoms with Gasteiger partial charge in [0.1, 0.15) is 12.4 Å². The molecule has 0 atom stereocenters. The summed E-state index contributed by atoms with van der Waals surface area (Å²) < 4.78 is 29.7. The monoisotopic (exact) mass is 497 g/mol. The van der Waals surface area contributed by atoms with E-state index in [-0.39, 0.29) is 15.8 Å². The van der Waals surface area contributed by atoms with E-state index < -0.39 is 9.84 Å². The van der Waals surface area contributed by atoms with Crippen LogP contribution in [0.4, 0.5) is 5.69 Å². The van der Waals surface area contributed by atoms with Crippen LogP contribution >= 0.6 is 22.9 Å². The first-order chi connectivity index (χ1) is 15.8. The number of sulfone groups is 1. The zero-order valence-corrected chi connectivity index (χ0v) is 20.0. The highest BCUT2D eigenvalue weighted by Gasteiger charge is 2.15. The number of para-hydroxylation sites is 1. The van der Waals surface area contributed by atoms with Gasteiger partial charge in [0.2, 0.25) is 0 Å². The quantitative estimate of drug-likeness (QED) is 0.325. The average molecular weight is 498 g/mol. The Morgan fingerprint density at radius 3 is 2.48 bits per heavy atom. The van der Waals surface area contributed by atoms with Gasteiger partial charge >= 0.3 is 0 Å². The number of nitrogens with one attached hydrogen (secondary N) is 1. The fraction of sp³-hybridized carbons (Fsp3) is 0.0800. The first-order valence-electron chi connectivity index (χ1n) is 9.96. The second-order valence-electron chi connectivity index (χ2n) is 7.37. The zero-order chi connectivity index (χ0) is 23.4.